The molecule has 4 nitrogen and oxygen atoms in total. The Bertz CT molecular complexity index is 1190. The molecule has 166 valence electrons. The standard InChI is InChI=1S/C28H30O4/c1-3-11-28(30)12-10-23-21-7-4-17-13-19(29)6-8-20(17)26(21)22(15-27(23,28)2)18-5-9-24-25(14-18)32-16-31-24/h5,9,13-14,21-23,30H,4,6-8,10,12,15-16H2,1-2H3/t21-,22+,23-,27-,28-/m0/s1/i1T2. The van der Waals surface area contributed by atoms with Crippen LogP contribution in [0.25, 0.3) is 0 Å². The number of aliphatic hydroxyl groups is 1. The van der Waals surface area contributed by atoms with Crippen molar-refractivity contribution in [1.82, 2.24) is 0 Å². The van der Waals surface area contributed by atoms with E-state index in [-0.39, 0.29) is 24.4 Å². The summed E-state index contributed by atoms with van der Waals surface area (Å²) in [7, 11) is 0. The topological polar surface area (TPSA) is 55.8 Å². The zero-order valence-electron chi connectivity index (χ0n) is 20.4. The summed E-state index contributed by atoms with van der Waals surface area (Å²) in [5.41, 5.74) is 3.51. The van der Waals surface area contributed by atoms with Crippen LogP contribution in [0.3, 0.4) is 0 Å². The van der Waals surface area contributed by atoms with Crippen LogP contribution >= 0.6 is 0 Å². The number of benzene rings is 1. The minimum absolute atomic E-state index is 0.0851. The van der Waals surface area contributed by atoms with Crippen LogP contribution in [0.5, 0.6) is 11.5 Å². The number of carbonyl (C=O) groups is 1. The van der Waals surface area contributed by atoms with Crippen molar-refractivity contribution in [1.29, 1.82) is 0 Å². The van der Waals surface area contributed by atoms with E-state index < -0.39 is 17.9 Å². The first-order valence-corrected chi connectivity index (χ1v) is 11.7. The molecule has 0 radical (unpaired) electrons. The molecule has 1 aromatic rings. The van der Waals surface area contributed by atoms with Crippen molar-refractivity contribution < 1.29 is 22.1 Å². The van der Waals surface area contributed by atoms with Crippen LogP contribution in [0.2, 0.25) is 0 Å². The monoisotopic (exact) mass is 434 g/mol. The minimum Gasteiger partial charge on any atom is -0.454 e. The highest BCUT2D eigenvalue weighted by molar-refractivity contribution is 5.93. The third-order valence-electron chi connectivity index (χ3n) is 8.96. The number of allylic oxidation sites excluding steroid dienone is 4. The lowest BCUT2D eigenvalue weighted by atomic mass is 9.51. The highest BCUT2D eigenvalue weighted by Gasteiger charge is 2.62. The predicted molar refractivity (Wildman–Crippen MR) is 121 cm³/mol. The summed E-state index contributed by atoms with van der Waals surface area (Å²) in [5, 5.41) is 11.8. The number of ether oxygens (including phenoxy) is 2. The van der Waals surface area contributed by atoms with Gasteiger partial charge in [-0.1, -0.05) is 24.5 Å². The second kappa shape index (κ2) is 6.99. The summed E-state index contributed by atoms with van der Waals surface area (Å²) in [4.78, 5) is 12.2. The van der Waals surface area contributed by atoms with Gasteiger partial charge < -0.3 is 14.6 Å². The molecule has 32 heavy (non-hydrogen) atoms. The maximum atomic E-state index is 12.2. The number of rotatable bonds is 1. The molecule has 0 aromatic heterocycles. The molecule has 1 aromatic carbocycles. The molecule has 2 saturated carbocycles. The summed E-state index contributed by atoms with van der Waals surface area (Å²) in [6.45, 7) is 1.13. The van der Waals surface area contributed by atoms with E-state index in [0.29, 0.717) is 18.8 Å². The summed E-state index contributed by atoms with van der Waals surface area (Å²) in [5.74, 6) is 8.05. The molecule has 6 rings (SSSR count). The number of fused-ring (bicyclic) bond motifs is 5. The molecule has 0 bridgehead atoms. The van der Waals surface area contributed by atoms with E-state index in [1.165, 1.54) is 16.7 Å². The lowest BCUT2D eigenvalue weighted by Crippen LogP contribution is -2.51. The molecule has 5 aliphatic rings. The van der Waals surface area contributed by atoms with Crippen molar-refractivity contribution in [3.63, 3.8) is 0 Å². The zero-order valence-corrected chi connectivity index (χ0v) is 18.4. The first kappa shape index (κ1) is 18.0. The number of carbonyl (C=O) groups excluding carboxylic acids is 1. The van der Waals surface area contributed by atoms with Crippen LogP contribution in [0.15, 0.2) is 41.0 Å². The van der Waals surface area contributed by atoms with E-state index in [9.17, 15) is 9.90 Å². The van der Waals surface area contributed by atoms with E-state index >= 15 is 0 Å². The Hall–Kier alpha value is -2.51. The average Bonchev–Trinajstić information content (AvgIpc) is 3.38. The molecular weight excluding hydrogens is 400 g/mol. The van der Waals surface area contributed by atoms with Gasteiger partial charge in [-0.25, -0.2) is 0 Å². The van der Waals surface area contributed by atoms with Crippen LogP contribution in [0, 0.1) is 29.1 Å². The molecule has 5 atom stereocenters. The number of ketones is 1. The Morgan fingerprint density at radius 1 is 1.19 bits per heavy atom. The number of hydrogen-bond donors (Lipinski definition) is 1. The third-order valence-corrected chi connectivity index (χ3v) is 8.96. The Labute approximate surface area is 192 Å². The van der Waals surface area contributed by atoms with Gasteiger partial charge in [-0.3, -0.25) is 4.79 Å². The van der Waals surface area contributed by atoms with Gasteiger partial charge in [-0.2, -0.15) is 0 Å². The van der Waals surface area contributed by atoms with Gasteiger partial charge in [-0.15, -0.1) is 5.92 Å². The maximum absolute atomic E-state index is 12.2. The predicted octanol–water partition coefficient (Wildman–Crippen LogP) is 5.07. The molecule has 4 aliphatic carbocycles. The van der Waals surface area contributed by atoms with Gasteiger partial charge in [0.2, 0.25) is 6.79 Å². The van der Waals surface area contributed by atoms with Crippen LogP contribution in [-0.2, 0) is 4.79 Å². The van der Waals surface area contributed by atoms with Crippen LogP contribution in [0.4, 0.5) is 0 Å². The quantitative estimate of drug-likeness (QED) is 0.627. The zero-order chi connectivity index (χ0) is 23.7. The maximum Gasteiger partial charge on any atom is 0.231 e. The summed E-state index contributed by atoms with van der Waals surface area (Å²) >= 11 is 0. The van der Waals surface area contributed by atoms with Crippen molar-refractivity contribution in [2.75, 3.05) is 6.79 Å². The van der Waals surface area contributed by atoms with Crippen LogP contribution in [-0.4, -0.2) is 23.3 Å². The van der Waals surface area contributed by atoms with E-state index in [0.717, 1.165) is 49.2 Å². The Kier molecular flexibility index (Phi) is 3.93. The van der Waals surface area contributed by atoms with Gasteiger partial charge in [0, 0.05) is 20.5 Å². The smallest absolute Gasteiger partial charge is 0.231 e. The van der Waals surface area contributed by atoms with E-state index in [2.05, 4.69) is 30.9 Å². The van der Waals surface area contributed by atoms with Crippen molar-refractivity contribution >= 4 is 5.78 Å². The molecule has 0 amide bonds. The number of hydrogen-bond acceptors (Lipinski definition) is 4. The lowest BCUT2D eigenvalue weighted by Gasteiger charge is -2.53. The fourth-order valence-corrected chi connectivity index (χ4v) is 7.42. The van der Waals surface area contributed by atoms with E-state index in [1.807, 2.05) is 12.1 Å². The first-order chi connectivity index (χ1) is 16.3. The van der Waals surface area contributed by atoms with E-state index in [1.54, 1.807) is 0 Å². The van der Waals surface area contributed by atoms with Gasteiger partial charge in [0.05, 0.1) is 0 Å². The average molecular weight is 435 g/mol. The van der Waals surface area contributed by atoms with Gasteiger partial charge in [-0.05, 0) is 92.2 Å². The highest BCUT2D eigenvalue weighted by Crippen LogP contribution is 2.66. The van der Waals surface area contributed by atoms with Gasteiger partial charge in [0.15, 0.2) is 17.3 Å². The summed E-state index contributed by atoms with van der Waals surface area (Å²) in [6, 6.07) is 6.17. The van der Waals surface area contributed by atoms with Crippen LogP contribution < -0.4 is 9.47 Å². The molecule has 1 aliphatic heterocycles. The fourth-order valence-electron chi connectivity index (χ4n) is 7.42. The van der Waals surface area contributed by atoms with Gasteiger partial charge >= 0.3 is 0 Å². The first-order valence-electron chi connectivity index (χ1n) is 12.9. The largest absolute Gasteiger partial charge is 0.454 e. The highest BCUT2D eigenvalue weighted by atomic mass is 16.7. The van der Waals surface area contributed by atoms with Crippen LogP contribution in [0.1, 0.15) is 73.0 Å². The van der Waals surface area contributed by atoms with Crippen molar-refractivity contribution in [3.8, 4) is 23.3 Å². The second-order valence-corrected chi connectivity index (χ2v) is 10.3. The van der Waals surface area contributed by atoms with E-state index in [4.69, 9.17) is 12.2 Å². The van der Waals surface area contributed by atoms with Crippen molar-refractivity contribution in [3.05, 3.63) is 46.6 Å². The second-order valence-electron chi connectivity index (χ2n) is 10.3. The van der Waals surface area contributed by atoms with Crippen molar-refractivity contribution in [2.24, 2.45) is 17.3 Å². The normalized spacial score (nSPS) is 38.2. The van der Waals surface area contributed by atoms with Gasteiger partial charge in [0.1, 0.15) is 5.60 Å². The molecule has 4 heteroatoms. The summed E-state index contributed by atoms with van der Waals surface area (Å²) < 4.78 is 26.3. The Balaban J connectivity index is 1.51. The molecule has 0 spiro atoms. The summed E-state index contributed by atoms with van der Waals surface area (Å²) in [6.07, 6.45) is 7.30. The van der Waals surface area contributed by atoms with Crippen molar-refractivity contribution in [2.45, 2.75) is 70.3 Å². The molecule has 2 fully saturated rings. The molecule has 0 unspecified atom stereocenters. The lowest BCUT2D eigenvalue weighted by molar-refractivity contribution is -0.114. The SMILES string of the molecule is [3H]C([3H])C#C[C@]1(O)CC[C@H]2[C@@H]3CCC4=CC(=O)CCC4=C3[C@@H](c3ccc4c(c3)OCO4)C[C@@]21C. The molecular formula is C28H30O4. The minimum atomic E-state index is -1.26. The van der Waals surface area contributed by atoms with Gasteiger partial charge in [0.25, 0.3) is 0 Å². The Morgan fingerprint density at radius 3 is 2.94 bits per heavy atom. The molecule has 0 saturated heterocycles. The Morgan fingerprint density at radius 2 is 2.06 bits per heavy atom. The fraction of sp³-hybridized carbons (Fsp3) is 0.536. The molecule has 1 heterocycles. The molecule has 1 N–H and O–H groups in total. The third kappa shape index (κ3) is 2.70.